The lowest BCUT2D eigenvalue weighted by Gasteiger charge is -2.21. The molecule has 19 heavy (non-hydrogen) atoms. The van der Waals surface area contributed by atoms with Crippen molar-refractivity contribution in [3.05, 3.63) is 5.82 Å². The maximum absolute atomic E-state index is 10.7. The van der Waals surface area contributed by atoms with E-state index >= 15 is 0 Å². The zero-order chi connectivity index (χ0) is 13.4. The third-order valence-corrected chi connectivity index (χ3v) is 4.64. The Morgan fingerprint density at radius 3 is 2.95 bits per heavy atom. The molecular weight excluding hydrogens is 244 g/mol. The molecule has 0 aromatic carbocycles. The highest BCUT2D eigenvalue weighted by Gasteiger charge is 2.42. The van der Waals surface area contributed by atoms with Crippen LogP contribution < -0.4 is 0 Å². The predicted molar refractivity (Wildman–Crippen MR) is 67.4 cm³/mol. The normalized spacial score (nSPS) is 30.7. The summed E-state index contributed by atoms with van der Waals surface area (Å²) < 4.78 is 1.83. The van der Waals surface area contributed by atoms with E-state index in [1.807, 2.05) is 11.6 Å². The molecule has 0 radical (unpaired) electrons. The van der Waals surface area contributed by atoms with E-state index in [1.54, 1.807) is 0 Å². The van der Waals surface area contributed by atoms with E-state index in [-0.39, 0.29) is 12.3 Å². The highest BCUT2D eigenvalue weighted by atomic mass is 16.4. The third kappa shape index (κ3) is 2.48. The number of rotatable bonds is 5. The van der Waals surface area contributed by atoms with Crippen molar-refractivity contribution in [2.75, 3.05) is 0 Å². The van der Waals surface area contributed by atoms with Crippen LogP contribution in [0.5, 0.6) is 0 Å². The zero-order valence-corrected chi connectivity index (χ0v) is 11.2. The van der Waals surface area contributed by atoms with Gasteiger partial charge in [-0.2, -0.15) is 0 Å². The van der Waals surface area contributed by atoms with Gasteiger partial charge >= 0.3 is 5.97 Å². The minimum atomic E-state index is -0.762. The van der Waals surface area contributed by atoms with E-state index in [0.29, 0.717) is 12.5 Å². The highest BCUT2D eigenvalue weighted by Crippen LogP contribution is 2.52. The lowest BCUT2D eigenvalue weighted by molar-refractivity contribution is -0.138. The number of carboxylic acids is 1. The van der Waals surface area contributed by atoms with Crippen LogP contribution in [0.25, 0.3) is 0 Å². The number of aromatic nitrogens is 4. The van der Waals surface area contributed by atoms with Gasteiger partial charge in [0.2, 0.25) is 0 Å². The Morgan fingerprint density at radius 1 is 1.47 bits per heavy atom. The number of carbonyl (C=O) groups is 1. The first-order valence-electron chi connectivity index (χ1n) is 7.11. The van der Waals surface area contributed by atoms with Crippen LogP contribution in [0.2, 0.25) is 0 Å². The van der Waals surface area contributed by atoms with Crippen LogP contribution in [0.1, 0.15) is 50.8 Å². The summed E-state index contributed by atoms with van der Waals surface area (Å²) in [4.78, 5) is 10.7. The van der Waals surface area contributed by atoms with Gasteiger partial charge in [0, 0.05) is 18.9 Å². The first-order chi connectivity index (χ1) is 9.13. The summed E-state index contributed by atoms with van der Waals surface area (Å²) >= 11 is 0. The fraction of sp³-hybridized carbons (Fsp3) is 0.846. The molecule has 1 heterocycles. The van der Waals surface area contributed by atoms with Crippen molar-refractivity contribution >= 4 is 5.97 Å². The monoisotopic (exact) mass is 264 g/mol. The summed E-state index contributed by atoms with van der Waals surface area (Å²) in [5.74, 6) is 2.36. The molecular formula is C13H20N4O2. The average Bonchev–Trinajstić information content (AvgIpc) is 3.01. The smallest absolute Gasteiger partial charge is 0.303 e. The second-order valence-electron chi connectivity index (χ2n) is 6.20. The van der Waals surface area contributed by atoms with Crippen molar-refractivity contribution in [3.63, 3.8) is 0 Å². The van der Waals surface area contributed by atoms with E-state index in [9.17, 15) is 4.79 Å². The second kappa shape index (κ2) is 4.90. The fourth-order valence-electron chi connectivity index (χ4n) is 3.83. The van der Waals surface area contributed by atoms with Crippen LogP contribution in [-0.4, -0.2) is 31.3 Å². The Hall–Kier alpha value is -1.46. The van der Waals surface area contributed by atoms with Crippen molar-refractivity contribution in [2.45, 2.75) is 51.5 Å². The first-order valence-corrected chi connectivity index (χ1v) is 7.11. The SMILES string of the molecule is CC(CC(=O)O)Cn1nnnc1C1CC2CCC1C2. The summed E-state index contributed by atoms with van der Waals surface area (Å²) in [6.07, 6.45) is 5.35. The molecule has 1 aromatic rings. The van der Waals surface area contributed by atoms with Gasteiger partial charge in [-0.1, -0.05) is 13.3 Å². The number of aliphatic carboxylic acids is 1. The van der Waals surface area contributed by atoms with Crippen molar-refractivity contribution in [1.82, 2.24) is 20.2 Å². The van der Waals surface area contributed by atoms with Crippen molar-refractivity contribution in [1.29, 1.82) is 0 Å². The number of hydrogen-bond donors (Lipinski definition) is 1. The van der Waals surface area contributed by atoms with E-state index in [0.717, 1.165) is 17.7 Å². The second-order valence-corrected chi connectivity index (χ2v) is 6.20. The van der Waals surface area contributed by atoms with Gasteiger partial charge in [0.15, 0.2) is 5.82 Å². The molecule has 3 rings (SSSR count). The van der Waals surface area contributed by atoms with Crippen molar-refractivity contribution in [3.8, 4) is 0 Å². The quantitative estimate of drug-likeness (QED) is 0.875. The maximum Gasteiger partial charge on any atom is 0.303 e. The summed E-state index contributed by atoms with van der Waals surface area (Å²) in [5, 5.41) is 20.9. The largest absolute Gasteiger partial charge is 0.481 e. The molecule has 0 saturated heterocycles. The number of fused-ring (bicyclic) bond motifs is 2. The number of tetrazole rings is 1. The van der Waals surface area contributed by atoms with E-state index in [2.05, 4.69) is 15.5 Å². The Morgan fingerprint density at radius 2 is 2.32 bits per heavy atom. The number of nitrogens with zero attached hydrogens (tertiary/aromatic N) is 4. The van der Waals surface area contributed by atoms with Crippen molar-refractivity contribution < 1.29 is 9.90 Å². The van der Waals surface area contributed by atoms with Gasteiger partial charge < -0.3 is 5.11 Å². The zero-order valence-electron chi connectivity index (χ0n) is 11.2. The standard InChI is InChI=1S/C13H20N4O2/c1-8(4-12(18)19)7-17-13(14-15-16-17)11-6-9-2-3-10(11)5-9/h8-11H,2-7H2,1H3,(H,18,19). The fourth-order valence-corrected chi connectivity index (χ4v) is 3.83. The molecule has 2 fully saturated rings. The maximum atomic E-state index is 10.7. The van der Waals surface area contributed by atoms with Gasteiger partial charge in [-0.3, -0.25) is 4.79 Å². The van der Waals surface area contributed by atoms with Crippen LogP contribution in [0.3, 0.4) is 0 Å². The first kappa shape index (κ1) is 12.6. The van der Waals surface area contributed by atoms with Gasteiger partial charge in [0.25, 0.3) is 0 Å². The lowest BCUT2D eigenvalue weighted by atomic mass is 9.88. The third-order valence-electron chi connectivity index (χ3n) is 4.64. The van der Waals surface area contributed by atoms with Crippen LogP contribution in [0.15, 0.2) is 0 Å². The molecule has 104 valence electrons. The Kier molecular flexibility index (Phi) is 3.24. The molecule has 4 atom stereocenters. The van der Waals surface area contributed by atoms with Crippen LogP contribution >= 0.6 is 0 Å². The molecule has 6 nitrogen and oxygen atoms in total. The number of hydrogen-bond acceptors (Lipinski definition) is 4. The molecule has 0 amide bonds. The summed E-state index contributed by atoms with van der Waals surface area (Å²) in [5.41, 5.74) is 0. The minimum Gasteiger partial charge on any atom is -0.481 e. The summed E-state index contributed by atoms with van der Waals surface area (Å²) in [6.45, 7) is 2.53. The van der Waals surface area contributed by atoms with Gasteiger partial charge in [-0.05, 0) is 47.4 Å². The van der Waals surface area contributed by atoms with Gasteiger partial charge in [0.1, 0.15) is 0 Å². The molecule has 2 bridgehead atoms. The van der Waals surface area contributed by atoms with Gasteiger partial charge in [0.05, 0.1) is 0 Å². The molecule has 2 aliphatic carbocycles. The van der Waals surface area contributed by atoms with Crippen LogP contribution in [-0.2, 0) is 11.3 Å². The molecule has 4 unspecified atom stereocenters. The Bertz CT molecular complexity index is 473. The Balaban J connectivity index is 1.70. The minimum absolute atomic E-state index is 0.0540. The topological polar surface area (TPSA) is 80.9 Å². The molecule has 2 aliphatic rings. The number of carboxylic acid groups (broad SMARTS) is 1. The van der Waals surface area contributed by atoms with E-state index < -0.39 is 5.97 Å². The van der Waals surface area contributed by atoms with Crippen LogP contribution in [0, 0.1) is 17.8 Å². The molecule has 6 heteroatoms. The molecule has 2 saturated carbocycles. The highest BCUT2D eigenvalue weighted by molar-refractivity contribution is 5.66. The van der Waals surface area contributed by atoms with E-state index in [1.165, 1.54) is 25.7 Å². The molecule has 0 spiro atoms. The molecule has 1 N–H and O–H groups in total. The van der Waals surface area contributed by atoms with Gasteiger partial charge in [-0.25, -0.2) is 4.68 Å². The summed E-state index contributed by atoms with van der Waals surface area (Å²) in [6, 6.07) is 0. The predicted octanol–water partition coefficient (Wildman–Crippen LogP) is 1.69. The van der Waals surface area contributed by atoms with Gasteiger partial charge in [-0.15, -0.1) is 5.10 Å². The average molecular weight is 264 g/mol. The van der Waals surface area contributed by atoms with Crippen molar-refractivity contribution in [2.24, 2.45) is 17.8 Å². The van der Waals surface area contributed by atoms with Crippen LogP contribution in [0.4, 0.5) is 0 Å². The van der Waals surface area contributed by atoms with E-state index in [4.69, 9.17) is 5.11 Å². The molecule has 0 aliphatic heterocycles. The lowest BCUT2D eigenvalue weighted by Crippen LogP contribution is -2.19. The molecule has 1 aromatic heterocycles. The Labute approximate surface area is 112 Å². The summed E-state index contributed by atoms with van der Waals surface area (Å²) in [7, 11) is 0.